The highest BCUT2D eigenvalue weighted by atomic mass is 32.2. The second kappa shape index (κ2) is 7.05. The molecule has 0 saturated carbocycles. The van der Waals surface area contributed by atoms with Crippen molar-refractivity contribution in [2.45, 2.75) is 20.3 Å². The molecule has 0 bridgehead atoms. The average molecular weight is 198 g/mol. The van der Waals surface area contributed by atoms with Crippen molar-refractivity contribution in [3.63, 3.8) is 0 Å². The van der Waals surface area contributed by atoms with Gasteiger partial charge >= 0.3 is 5.97 Å². The van der Waals surface area contributed by atoms with Crippen molar-refractivity contribution in [1.29, 1.82) is 0 Å². The molecule has 74 valence electrons. The quantitative estimate of drug-likeness (QED) is 0.515. The van der Waals surface area contributed by atoms with Crippen LogP contribution in [-0.2, 0) is 19.6 Å². The second-order valence-electron chi connectivity index (χ2n) is 1.89. The Morgan fingerprint density at radius 3 is 1.83 bits per heavy atom. The van der Waals surface area contributed by atoms with Crippen LogP contribution in [0.1, 0.15) is 20.3 Å². The summed E-state index contributed by atoms with van der Waals surface area (Å²) in [5.74, 6) is -0.123. The van der Waals surface area contributed by atoms with Crippen molar-refractivity contribution >= 4 is 16.1 Å². The molecule has 12 heavy (non-hydrogen) atoms. The smallest absolute Gasteiger partial charge is 0.305 e. The highest BCUT2D eigenvalue weighted by molar-refractivity contribution is 7.85. The van der Waals surface area contributed by atoms with Gasteiger partial charge in [-0.15, -0.1) is 0 Å². The number of carbonyl (C=O) groups excluding carboxylic acids is 1. The molecule has 1 N–H and O–H groups in total. The van der Waals surface area contributed by atoms with E-state index in [0.717, 1.165) is 0 Å². The SMILES string of the molecule is CCOC(=O)CC.CS(=O)(=O)O. The monoisotopic (exact) mass is 198 g/mol. The highest BCUT2D eigenvalue weighted by Crippen LogP contribution is 1.80. The lowest BCUT2D eigenvalue weighted by atomic mass is 10.5. The van der Waals surface area contributed by atoms with Gasteiger partial charge in [-0.25, -0.2) is 0 Å². The van der Waals surface area contributed by atoms with Gasteiger partial charge in [-0.2, -0.15) is 8.42 Å². The van der Waals surface area contributed by atoms with E-state index in [1.54, 1.807) is 13.8 Å². The third-order valence-corrected chi connectivity index (χ3v) is 0.594. The first-order chi connectivity index (χ1) is 5.31. The zero-order valence-electron chi connectivity index (χ0n) is 7.40. The number of rotatable bonds is 2. The number of hydrogen-bond donors (Lipinski definition) is 1. The van der Waals surface area contributed by atoms with Gasteiger partial charge < -0.3 is 4.74 Å². The molecule has 0 aliphatic heterocycles. The van der Waals surface area contributed by atoms with Crippen LogP contribution in [0.5, 0.6) is 0 Å². The third kappa shape index (κ3) is 34.3. The van der Waals surface area contributed by atoms with Crippen molar-refractivity contribution in [3.05, 3.63) is 0 Å². The molecule has 5 nitrogen and oxygen atoms in total. The Balaban J connectivity index is 0. The first kappa shape index (κ1) is 13.9. The number of ether oxygens (including phenoxy) is 1. The molecule has 0 fully saturated rings. The summed E-state index contributed by atoms with van der Waals surface area (Å²) in [5, 5.41) is 0. The predicted molar refractivity (Wildman–Crippen MR) is 44.4 cm³/mol. The van der Waals surface area contributed by atoms with Crippen molar-refractivity contribution in [3.8, 4) is 0 Å². The molecule has 0 aliphatic carbocycles. The van der Waals surface area contributed by atoms with E-state index in [2.05, 4.69) is 4.74 Å². The predicted octanol–water partition coefficient (Wildman–Crippen LogP) is 0.463. The van der Waals surface area contributed by atoms with E-state index >= 15 is 0 Å². The second-order valence-corrected chi connectivity index (χ2v) is 3.36. The Labute approximate surface area is 72.5 Å². The minimum absolute atomic E-state index is 0.123. The number of esters is 1. The zero-order valence-corrected chi connectivity index (χ0v) is 8.22. The summed E-state index contributed by atoms with van der Waals surface area (Å²) in [5.41, 5.74) is 0. The molecule has 0 radical (unpaired) electrons. The summed E-state index contributed by atoms with van der Waals surface area (Å²) in [6.07, 6.45) is 1.20. The molecule has 0 aliphatic rings. The lowest BCUT2D eigenvalue weighted by Gasteiger charge is -1.93. The van der Waals surface area contributed by atoms with E-state index in [-0.39, 0.29) is 5.97 Å². The number of hydrogen-bond acceptors (Lipinski definition) is 4. The molecule has 0 aromatic carbocycles. The molecule has 6 heteroatoms. The van der Waals surface area contributed by atoms with Gasteiger partial charge in [-0.05, 0) is 6.92 Å². The molecule has 0 heterocycles. The lowest BCUT2D eigenvalue weighted by Crippen LogP contribution is -2.00. The summed E-state index contributed by atoms with van der Waals surface area (Å²) in [6, 6.07) is 0. The minimum atomic E-state index is -3.67. The van der Waals surface area contributed by atoms with E-state index in [4.69, 9.17) is 4.55 Å². The average Bonchev–Trinajstić information content (AvgIpc) is 1.85. The van der Waals surface area contributed by atoms with E-state index in [1.165, 1.54) is 0 Å². The Kier molecular flexibility index (Phi) is 8.19. The Morgan fingerprint density at radius 2 is 1.75 bits per heavy atom. The maximum Gasteiger partial charge on any atom is 0.305 e. The van der Waals surface area contributed by atoms with Crippen LogP contribution in [0.3, 0.4) is 0 Å². The van der Waals surface area contributed by atoms with Gasteiger partial charge in [-0.1, -0.05) is 6.92 Å². The van der Waals surface area contributed by atoms with Gasteiger partial charge in [0, 0.05) is 6.42 Å². The fourth-order valence-corrected chi connectivity index (χ4v) is 0.263. The van der Waals surface area contributed by atoms with E-state index in [0.29, 0.717) is 19.3 Å². The number of carbonyl (C=O) groups is 1. The van der Waals surface area contributed by atoms with Crippen LogP contribution >= 0.6 is 0 Å². The summed E-state index contributed by atoms with van der Waals surface area (Å²) in [7, 11) is -3.67. The van der Waals surface area contributed by atoms with Crippen LogP contribution in [0.15, 0.2) is 0 Å². The van der Waals surface area contributed by atoms with Crippen LogP contribution < -0.4 is 0 Å². The van der Waals surface area contributed by atoms with Gasteiger partial charge in [0.1, 0.15) is 0 Å². The molecular weight excluding hydrogens is 184 g/mol. The van der Waals surface area contributed by atoms with Crippen LogP contribution in [0.2, 0.25) is 0 Å². The Bertz CT molecular complexity index is 198. The minimum Gasteiger partial charge on any atom is -0.466 e. The van der Waals surface area contributed by atoms with Crippen LogP contribution in [0.4, 0.5) is 0 Å². The topological polar surface area (TPSA) is 80.7 Å². The van der Waals surface area contributed by atoms with E-state index in [1.807, 2.05) is 0 Å². The summed E-state index contributed by atoms with van der Waals surface area (Å²) in [4.78, 5) is 10.2. The first-order valence-corrected chi connectivity index (χ1v) is 5.24. The normalized spacial score (nSPS) is 9.67. The summed E-state index contributed by atoms with van der Waals surface area (Å²) >= 11 is 0. The molecule has 0 amide bonds. The maximum atomic E-state index is 10.2. The Hall–Kier alpha value is -0.620. The summed E-state index contributed by atoms with van der Waals surface area (Å²) in [6.45, 7) is 4.07. The molecular formula is C6H14O5S. The van der Waals surface area contributed by atoms with Crippen molar-refractivity contribution in [2.24, 2.45) is 0 Å². The van der Waals surface area contributed by atoms with Crippen molar-refractivity contribution in [1.82, 2.24) is 0 Å². The maximum absolute atomic E-state index is 10.2. The molecule has 0 rings (SSSR count). The van der Waals surface area contributed by atoms with E-state index < -0.39 is 10.1 Å². The molecule has 0 atom stereocenters. The fraction of sp³-hybridized carbons (Fsp3) is 0.833. The van der Waals surface area contributed by atoms with Crippen LogP contribution in [-0.4, -0.2) is 31.8 Å². The van der Waals surface area contributed by atoms with Crippen molar-refractivity contribution < 1.29 is 22.5 Å². The highest BCUT2D eigenvalue weighted by Gasteiger charge is 1.91. The first-order valence-electron chi connectivity index (χ1n) is 3.39. The van der Waals surface area contributed by atoms with Gasteiger partial charge in [0.2, 0.25) is 0 Å². The molecule has 0 aromatic rings. The molecule has 0 spiro atoms. The van der Waals surface area contributed by atoms with E-state index in [9.17, 15) is 13.2 Å². The largest absolute Gasteiger partial charge is 0.466 e. The standard InChI is InChI=1S/C5H10O2.CH4O3S/c1-3-5(6)7-4-2;1-5(2,3)4/h3-4H2,1-2H3;1H3,(H,2,3,4). The third-order valence-electron chi connectivity index (χ3n) is 0.594. The van der Waals surface area contributed by atoms with Crippen LogP contribution in [0, 0.1) is 0 Å². The van der Waals surface area contributed by atoms with Gasteiger partial charge in [0.15, 0.2) is 0 Å². The summed E-state index contributed by atoms with van der Waals surface area (Å²) < 4.78 is 30.4. The molecule has 0 unspecified atom stereocenters. The zero-order chi connectivity index (χ0) is 10.2. The fourth-order valence-electron chi connectivity index (χ4n) is 0.263. The van der Waals surface area contributed by atoms with Crippen molar-refractivity contribution in [2.75, 3.05) is 12.9 Å². The van der Waals surface area contributed by atoms with Crippen LogP contribution in [0.25, 0.3) is 0 Å². The van der Waals surface area contributed by atoms with Gasteiger partial charge in [-0.3, -0.25) is 9.35 Å². The van der Waals surface area contributed by atoms with Gasteiger partial charge in [0.05, 0.1) is 12.9 Å². The van der Waals surface area contributed by atoms with Gasteiger partial charge in [0.25, 0.3) is 10.1 Å². The molecule has 0 saturated heterocycles. The lowest BCUT2D eigenvalue weighted by molar-refractivity contribution is -0.142. The Morgan fingerprint density at radius 1 is 1.42 bits per heavy atom. The molecule has 0 aromatic heterocycles.